The Labute approximate surface area is 99.8 Å². The van der Waals surface area contributed by atoms with E-state index in [1.807, 2.05) is 0 Å². The molecule has 1 aliphatic rings. The third-order valence-corrected chi connectivity index (χ3v) is 2.73. The number of rotatable bonds is 3. The van der Waals surface area contributed by atoms with Gasteiger partial charge in [-0.15, -0.1) is 0 Å². The molecule has 0 fully saturated rings. The van der Waals surface area contributed by atoms with Crippen molar-refractivity contribution in [1.82, 2.24) is 0 Å². The maximum Gasteiger partial charge on any atom is 0.161 e. The van der Waals surface area contributed by atoms with Crippen LogP contribution in [0.25, 0.3) is 0 Å². The molecular formula is C12H17NO4. The van der Waals surface area contributed by atoms with E-state index in [4.69, 9.17) is 20.3 Å². The number of fused-ring (bicyclic) bond motifs is 1. The Hall–Kier alpha value is -1.30. The molecule has 0 bridgehead atoms. The van der Waals surface area contributed by atoms with Crippen molar-refractivity contribution in [3.8, 4) is 11.5 Å². The fourth-order valence-electron chi connectivity index (χ4n) is 1.71. The van der Waals surface area contributed by atoms with E-state index in [0.29, 0.717) is 30.3 Å². The number of hydrogen-bond acceptors (Lipinski definition) is 5. The molecule has 1 aromatic rings. The van der Waals surface area contributed by atoms with E-state index in [0.717, 1.165) is 6.42 Å². The summed E-state index contributed by atoms with van der Waals surface area (Å²) in [5, 5.41) is 18.8. The second-order valence-corrected chi connectivity index (χ2v) is 4.05. The highest BCUT2D eigenvalue weighted by molar-refractivity contribution is 5.44. The number of aliphatic hydroxyl groups is 2. The third kappa shape index (κ3) is 2.69. The van der Waals surface area contributed by atoms with Gasteiger partial charge in [0.1, 0.15) is 0 Å². The SMILES string of the molecule is NC(CO)C(O)c1ccc2c(c1)OCCCO2. The van der Waals surface area contributed by atoms with E-state index in [1.165, 1.54) is 0 Å². The highest BCUT2D eigenvalue weighted by Crippen LogP contribution is 2.32. The lowest BCUT2D eigenvalue weighted by Crippen LogP contribution is -2.31. The van der Waals surface area contributed by atoms with Crippen LogP contribution in [0.1, 0.15) is 18.1 Å². The fourth-order valence-corrected chi connectivity index (χ4v) is 1.71. The maximum absolute atomic E-state index is 9.88. The molecule has 2 rings (SSSR count). The van der Waals surface area contributed by atoms with Crippen molar-refractivity contribution in [1.29, 1.82) is 0 Å². The summed E-state index contributed by atoms with van der Waals surface area (Å²) >= 11 is 0. The molecule has 1 aliphatic heterocycles. The summed E-state index contributed by atoms with van der Waals surface area (Å²) < 4.78 is 11.0. The van der Waals surface area contributed by atoms with Crippen LogP contribution in [0, 0.1) is 0 Å². The van der Waals surface area contributed by atoms with Crippen LogP contribution >= 0.6 is 0 Å². The number of hydrogen-bond donors (Lipinski definition) is 3. The topological polar surface area (TPSA) is 84.9 Å². The van der Waals surface area contributed by atoms with Gasteiger partial charge in [0.05, 0.1) is 32.0 Å². The largest absolute Gasteiger partial charge is 0.490 e. The monoisotopic (exact) mass is 239 g/mol. The van der Waals surface area contributed by atoms with Gasteiger partial charge in [-0.3, -0.25) is 0 Å². The van der Waals surface area contributed by atoms with Crippen LogP contribution in [0.2, 0.25) is 0 Å². The van der Waals surface area contributed by atoms with Gasteiger partial charge in [0.25, 0.3) is 0 Å². The Bertz CT molecular complexity index is 383. The number of benzene rings is 1. The lowest BCUT2D eigenvalue weighted by atomic mass is 10.0. The van der Waals surface area contributed by atoms with E-state index in [-0.39, 0.29) is 6.61 Å². The molecule has 0 saturated heterocycles. The second-order valence-electron chi connectivity index (χ2n) is 4.05. The third-order valence-electron chi connectivity index (χ3n) is 2.73. The minimum atomic E-state index is -0.905. The molecule has 0 aromatic heterocycles. The van der Waals surface area contributed by atoms with Crippen LogP contribution in [0.15, 0.2) is 18.2 Å². The molecule has 4 N–H and O–H groups in total. The minimum absolute atomic E-state index is 0.268. The van der Waals surface area contributed by atoms with Gasteiger partial charge in [-0.1, -0.05) is 6.07 Å². The fraction of sp³-hybridized carbons (Fsp3) is 0.500. The van der Waals surface area contributed by atoms with Gasteiger partial charge < -0.3 is 25.4 Å². The highest BCUT2D eigenvalue weighted by atomic mass is 16.5. The lowest BCUT2D eigenvalue weighted by molar-refractivity contribution is 0.109. The smallest absolute Gasteiger partial charge is 0.161 e. The van der Waals surface area contributed by atoms with Gasteiger partial charge >= 0.3 is 0 Å². The van der Waals surface area contributed by atoms with Crippen molar-refractivity contribution in [3.63, 3.8) is 0 Å². The van der Waals surface area contributed by atoms with Crippen molar-refractivity contribution in [2.75, 3.05) is 19.8 Å². The number of nitrogens with two attached hydrogens (primary N) is 1. The van der Waals surface area contributed by atoms with E-state index in [9.17, 15) is 5.11 Å². The predicted octanol–water partition coefficient (Wildman–Crippen LogP) is 0.201. The minimum Gasteiger partial charge on any atom is -0.490 e. The first-order valence-electron chi connectivity index (χ1n) is 5.66. The van der Waals surface area contributed by atoms with Gasteiger partial charge in [-0.25, -0.2) is 0 Å². The Morgan fingerprint density at radius 3 is 2.65 bits per heavy atom. The zero-order valence-electron chi connectivity index (χ0n) is 9.50. The first-order valence-corrected chi connectivity index (χ1v) is 5.66. The summed E-state index contributed by atoms with van der Waals surface area (Å²) in [6.07, 6.45) is -0.0694. The second kappa shape index (κ2) is 5.35. The summed E-state index contributed by atoms with van der Waals surface area (Å²) in [5.41, 5.74) is 6.20. The van der Waals surface area contributed by atoms with Gasteiger partial charge in [0.15, 0.2) is 11.5 Å². The summed E-state index contributed by atoms with van der Waals surface area (Å²) in [4.78, 5) is 0. The van der Waals surface area contributed by atoms with Gasteiger partial charge in [-0.2, -0.15) is 0 Å². The van der Waals surface area contributed by atoms with Gasteiger partial charge in [0, 0.05) is 6.42 Å². The average Bonchev–Trinajstić information content (AvgIpc) is 2.61. The van der Waals surface area contributed by atoms with Crippen molar-refractivity contribution in [2.45, 2.75) is 18.6 Å². The summed E-state index contributed by atoms with van der Waals surface area (Å²) in [7, 11) is 0. The van der Waals surface area contributed by atoms with Crippen LogP contribution in [0.4, 0.5) is 0 Å². The quantitative estimate of drug-likeness (QED) is 0.701. The first-order chi connectivity index (χ1) is 8.22. The van der Waals surface area contributed by atoms with E-state index in [1.54, 1.807) is 18.2 Å². The molecule has 2 unspecified atom stereocenters. The normalized spacial score (nSPS) is 18.3. The first kappa shape index (κ1) is 12.2. The summed E-state index contributed by atoms with van der Waals surface area (Å²) in [6, 6.07) is 4.50. The number of ether oxygens (including phenoxy) is 2. The highest BCUT2D eigenvalue weighted by Gasteiger charge is 2.19. The van der Waals surface area contributed by atoms with E-state index >= 15 is 0 Å². The van der Waals surface area contributed by atoms with Crippen LogP contribution in [0.5, 0.6) is 11.5 Å². The molecule has 1 aromatic carbocycles. The molecule has 1 heterocycles. The molecule has 5 nitrogen and oxygen atoms in total. The van der Waals surface area contributed by atoms with Crippen molar-refractivity contribution < 1.29 is 19.7 Å². The zero-order valence-corrected chi connectivity index (χ0v) is 9.50. The molecule has 5 heteroatoms. The average molecular weight is 239 g/mol. The molecular weight excluding hydrogens is 222 g/mol. The van der Waals surface area contributed by atoms with Crippen molar-refractivity contribution in [3.05, 3.63) is 23.8 Å². The maximum atomic E-state index is 9.88. The summed E-state index contributed by atoms with van der Waals surface area (Å²) in [5.74, 6) is 1.29. The molecule has 0 spiro atoms. The Kier molecular flexibility index (Phi) is 3.83. The molecule has 0 amide bonds. The molecule has 2 atom stereocenters. The molecule has 0 aliphatic carbocycles. The summed E-state index contributed by atoms with van der Waals surface area (Å²) in [6.45, 7) is 0.958. The molecule has 94 valence electrons. The van der Waals surface area contributed by atoms with Crippen LogP contribution in [-0.2, 0) is 0 Å². The van der Waals surface area contributed by atoms with Gasteiger partial charge in [0.2, 0.25) is 0 Å². The van der Waals surface area contributed by atoms with Crippen LogP contribution in [0.3, 0.4) is 0 Å². The van der Waals surface area contributed by atoms with Gasteiger partial charge in [-0.05, 0) is 17.7 Å². The van der Waals surface area contributed by atoms with Crippen molar-refractivity contribution >= 4 is 0 Å². The predicted molar refractivity (Wildman–Crippen MR) is 62.1 cm³/mol. The Morgan fingerprint density at radius 1 is 1.24 bits per heavy atom. The molecule has 0 saturated carbocycles. The Balaban J connectivity index is 2.23. The van der Waals surface area contributed by atoms with Crippen molar-refractivity contribution in [2.24, 2.45) is 5.73 Å². The standard InChI is InChI=1S/C12H17NO4/c13-9(7-14)12(15)8-2-3-10-11(6-8)17-5-1-4-16-10/h2-3,6,9,12,14-15H,1,4-5,7,13H2. The Morgan fingerprint density at radius 2 is 1.94 bits per heavy atom. The molecule has 17 heavy (non-hydrogen) atoms. The number of aliphatic hydroxyl groups excluding tert-OH is 2. The molecule has 0 radical (unpaired) electrons. The zero-order chi connectivity index (χ0) is 12.3. The van der Waals surface area contributed by atoms with E-state index < -0.39 is 12.1 Å². The van der Waals surface area contributed by atoms with Crippen LogP contribution in [-0.4, -0.2) is 36.1 Å². The van der Waals surface area contributed by atoms with E-state index in [2.05, 4.69) is 0 Å². The van der Waals surface area contributed by atoms with Crippen LogP contribution < -0.4 is 15.2 Å². The lowest BCUT2D eigenvalue weighted by Gasteiger charge is -2.18.